The normalized spacial score (nSPS) is 11.6. The predicted octanol–water partition coefficient (Wildman–Crippen LogP) is 12.5. The minimum absolute atomic E-state index is 0.696. The van der Waals surface area contributed by atoms with Gasteiger partial charge in [0.25, 0.3) is 0 Å². The van der Waals surface area contributed by atoms with Gasteiger partial charge in [0.05, 0.1) is 33.5 Å². The zero-order valence-electron chi connectivity index (χ0n) is 29.6. The molecule has 0 aliphatic carbocycles. The van der Waals surface area contributed by atoms with Gasteiger partial charge in [-0.3, -0.25) is 9.97 Å². The zero-order valence-corrected chi connectivity index (χ0v) is 29.6. The average molecular weight is 702 g/mol. The number of para-hydroxylation sites is 1. The summed E-state index contributed by atoms with van der Waals surface area (Å²) in [6.45, 7) is 0. The summed E-state index contributed by atoms with van der Waals surface area (Å²) in [4.78, 5) is 19.8. The van der Waals surface area contributed by atoms with Crippen molar-refractivity contribution in [3.63, 3.8) is 0 Å². The Bertz CT molecular complexity index is 3180. The molecule has 256 valence electrons. The summed E-state index contributed by atoms with van der Waals surface area (Å²) in [5, 5.41) is 7.01. The molecule has 0 fully saturated rings. The Labute approximate surface area is 316 Å². The Morgan fingerprint density at radius 1 is 0.327 bits per heavy atom. The summed E-state index contributed by atoms with van der Waals surface area (Å²) >= 11 is 0. The molecule has 0 saturated heterocycles. The summed E-state index contributed by atoms with van der Waals surface area (Å²) in [6.07, 6.45) is 3.57. The van der Waals surface area contributed by atoms with E-state index < -0.39 is 0 Å². The highest BCUT2D eigenvalue weighted by Crippen LogP contribution is 2.40. The van der Waals surface area contributed by atoms with Gasteiger partial charge in [0.15, 0.2) is 5.82 Å². The van der Waals surface area contributed by atoms with E-state index >= 15 is 0 Å². The van der Waals surface area contributed by atoms with Gasteiger partial charge in [-0.05, 0) is 64.4 Å². The third-order valence-corrected chi connectivity index (χ3v) is 10.7. The van der Waals surface area contributed by atoms with E-state index in [4.69, 9.17) is 19.9 Å². The van der Waals surface area contributed by atoms with Crippen LogP contribution in [0.4, 0.5) is 0 Å². The Kier molecular flexibility index (Phi) is 7.10. The van der Waals surface area contributed by atoms with Gasteiger partial charge in [-0.2, -0.15) is 0 Å². The van der Waals surface area contributed by atoms with Crippen LogP contribution in [0.2, 0.25) is 0 Å². The smallest absolute Gasteiger partial charge is 0.160 e. The van der Waals surface area contributed by atoms with Crippen LogP contribution in [0.1, 0.15) is 0 Å². The van der Waals surface area contributed by atoms with E-state index in [1.807, 2.05) is 36.4 Å². The van der Waals surface area contributed by atoms with Crippen molar-refractivity contribution in [1.82, 2.24) is 24.5 Å². The van der Waals surface area contributed by atoms with Gasteiger partial charge in [-0.1, -0.05) is 133 Å². The molecule has 0 atom stereocenters. The molecule has 0 aliphatic heterocycles. The fourth-order valence-corrected chi connectivity index (χ4v) is 8.10. The van der Waals surface area contributed by atoms with Gasteiger partial charge in [0.1, 0.15) is 0 Å². The van der Waals surface area contributed by atoms with Crippen molar-refractivity contribution in [3.8, 4) is 50.7 Å². The molecule has 8 aromatic carbocycles. The number of nitrogens with zero attached hydrogens (tertiary/aromatic N) is 5. The molecular weight excluding hydrogens is 671 g/mol. The first-order chi connectivity index (χ1) is 27.3. The summed E-state index contributed by atoms with van der Waals surface area (Å²) in [6, 6.07) is 61.9. The molecule has 0 radical (unpaired) electrons. The van der Waals surface area contributed by atoms with Gasteiger partial charge in [-0.15, -0.1) is 0 Å². The zero-order chi connectivity index (χ0) is 36.3. The lowest BCUT2D eigenvalue weighted by molar-refractivity contribution is 1.18. The first-order valence-electron chi connectivity index (χ1n) is 18.5. The minimum Gasteiger partial charge on any atom is -0.309 e. The largest absolute Gasteiger partial charge is 0.309 e. The highest BCUT2D eigenvalue weighted by Gasteiger charge is 2.18. The van der Waals surface area contributed by atoms with Gasteiger partial charge in [-0.25, -0.2) is 9.97 Å². The minimum atomic E-state index is 0.696. The summed E-state index contributed by atoms with van der Waals surface area (Å²) in [5.41, 5.74) is 12.3. The lowest BCUT2D eigenvalue weighted by Gasteiger charge is -2.12. The summed E-state index contributed by atoms with van der Waals surface area (Å²) < 4.78 is 2.37. The Morgan fingerprint density at radius 3 is 1.62 bits per heavy atom. The molecule has 5 heteroatoms. The first kappa shape index (κ1) is 31.1. The van der Waals surface area contributed by atoms with Crippen molar-refractivity contribution in [2.45, 2.75) is 0 Å². The van der Waals surface area contributed by atoms with E-state index in [0.717, 1.165) is 77.7 Å². The monoisotopic (exact) mass is 701 g/mol. The molecule has 11 aromatic rings. The molecule has 0 unspecified atom stereocenters. The van der Waals surface area contributed by atoms with E-state index in [2.05, 4.69) is 144 Å². The molecule has 3 heterocycles. The van der Waals surface area contributed by atoms with E-state index in [9.17, 15) is 0 Å². The summed E-state index contributed by atoms with van der Waals surface area (Å²) in [7, 11) is 0. The maximum absolute atomic E-state index is 5.07. The molecule has 0 amide bonds. The topological polar surface area (TPSA) is 56.5 Å². The molecule has 3 aromatic heterocycles. The number of fused-ring (bicyclic) bond motifs is 9. The SMILES string of the molecule is c1ccc(-c2cc(-c3ccccc3)nc(-c3cccc(-c4ccc(-n5c6ccccc6c6cc7c8ccccc8c8nccnc8c7cc65)cc4)c3)n2)cc1. The number of aromatic nitrogens is 5. The number of hydrogen-bond acceptors (Lipinski definition) is 4. The van der Waals surface area contributed by atoms with Gasteiger partial charge in [0.2, 0.25) is 0 Å². The second-order valence-corrected chi connectivity index (χ2v) is 13.9. The van der Waals surface area contributed by atoms with Crippen molar-refractivity contribution < 1.29 is 0 Å². The first-order valence-corrected chi connectivity index (χ1v) is 18.5. The van der Waals surface area contributed by atoms with Crippen molar-refractivity contribution in [2.75, 3.05) is 0 Å². The van der Waals surface area contributed by atoms with E-state index in [0.29, 0.717) is 5.82 Å². The van der Waals surface area contributed by atoms with Crippen LogP contribution >= 0.6 is 0 Å². The lowest BCUT2D eigenvalue weighted by Crippen LogP contribution is -1.96. The van der Waals surface area contributed by atoms with Gasteiger partial charge >= 0.3 is 0 Å². The average Bonchev–Trinajstić information content (AvgIpc) is 3.60. The third kappa shape index (κ3) is 5.17. The van der Waals surface area contributed by atoms with Gasteiger partial charge < -0.3 is 4.57 Å². The van der Waals surface area contributed by atoms with Crippen LogP contribution < -0.4 is 0 Å². The molecule has 0 spiro atoms. The number of hydrogen-bond donors (Lipinski definition) is 0. The molecule has 11 rings (SSSR count). The van der Waals surface area contributed by atoms with Crippen molar-refractivity contribution in [2.24, 2.45) is 0 Å². The van der Waals surface area contributed by atoms with Crippen molar-refractivity contribution in [3.05, 3.63) is 188 Å². The Hall–Kier alpha value is -7.50. The molecule has 0 aliphatic rings. The molecular formula is C50H31N5. The highest BCUT2D eigenvalue weighted by molar-refractivity contribution is 6.27. The van der Waals surface area contributed by atoms with Crippen LogP contribution in [0.15, 0.2) is 188 Å². The predicted molar refractivity (Wildman–Crippen MR) is 226 cm³/mol. The quantitative estimate of drug-likeness (QED) is 0.168. The maximum Gasteiger partial charge on any atom is 0.160 e. The molecule has 0 saturated carbocycles. The number of benzene rings is 8. The second-order valence-electron chi connectivity index (χ2n) is 13.9. The second kappa shape index (κ2) is 12.6. The standard InChI is InChI=1S/C50H31N5/c1-3-12-33(13-4-1)44-31-45(34-14-5-2-6-15-34)54-50(53-44)36-17-11-16-35(28-36)32-22-24-37(25-23-32)55-46-21-10-9-19-39(46)42-29-41-38-18-7-8-20-40(38)48-49(52-27-26-51-48)43(41)30-47(42)55/h1-31H. The van der Waals surface area contributed by atoms with Crippen LogP contribution in [-0.2, 0) is 0 Å². The third-order valence-electron chi connectivity index (χ3n) is 10.7. The fourth-order valence-electron chi connectivity index (χ4n) is 8.10. The molecule has 5 nitrogen and oxygen atoms in total. The van der Waals surface area contributed by atoms with Crippen LogP contribution in [0.25, 0.3) is 105 Å². The summed E-state index contributed by atoms with van der Waals surface area (Å²) in [5.74, 6) is 0.696. The molecule has 55 heavy (non-hydrogen) atoms. The lowest BCUT2D eigenvalue weighted by atomic mass is 9.97. The highest BCUT2D eigenvalue weighted by atomic mass is 15.0. The fraction of sp³-hybridized carbons (Fsp3) is 0. The molecule has 0 bridgehead atoms. The van der Waals surface area contributed by atoms with Crippen LogP contribution in [0.3, 0.4) is 0 Å². The van der Waals surface area contributed by atoms with Crippen LogP contribution in [-0.4, -0.2) is 24.5 Å². The van der Waals surface area contributed by atoms with E-state index in [1.165, 1.54) is 21.5 Å². The van der Waals surface area contributed by atoms with E-state index in [-0.39, 0.29) is 0 Å². The van der Waals surface area contributed by atoms with Crippen LogP contribution in [0, 0.1) is 0 Å². The number of rotatable bonds is 5. The van der Waals surface area contributed by atoms with Crippen molar-refractivity contribution in [1.29, 1.82) is 0 Å². The molecule has 0 N–H and O–H groups in total. The van der Waals surface area contributed by atoms with E-state index in [1.54, 1.807) is 12.4 Å². The maximum atomic E-state index is 5.07. The van der Waals surface area contributed by atoms with Crippen molar-refractivity contribution >= 4 is 54.4 Å². The van der Waals surface area contributed by atoms with Crippen LogP contribution in [0.5, 0.6) is 0 Å². The Balaban J connectivity index is 1.04. The Morgan fingerprint density at radius 2 is 0.909 bits per heavy atom. The van der Waals surface area contributed by atoms with Gasteiger partial charge in [0, 0.05) is 56.3 Å².